The van der Waals surface area contributed by atoms with Crippen molar-refractivity contribution in [2.45, 2.75) is 12.7 Å². The molecule has 0 atom stereocenters. The number of methoxy groups -OCH3 is 1. The van der Waals surface area contributed by atoms with Crippen LogP contribution in [0.1, 0.15) is 27.0 Å². The van der Waals surface area contributed by atoms with Crippen LogP contribution in [0.25, 0.3) is 0 Å². The highest BCUT2D eigenvalue weighted by atomic mass is 19.4. The summed E-state index contributed by atoms with van der Waals surface area (Å²) in [4.78, 5) is 11.3. The molecule has 4 nitrogen and oxygen atoms in total. The molecule has 2 N–H and O–H groups in total. The van der Waals surface area contributed by atoms with Crippen molar-refractivity contribution < 1.29 is 22.7 Å². The molecule has 1 aromatic carbocycles. The van der Waals surface area contributed by atoms with E-state index >= 15 is 0 Å². The van der Waals surface area contributed by atoms with E-state index in [1.165, 1.54) is 6.07 Å². The SMILES string of the molecule is COC(=O)c1ccc(C#N)c(C(F)(F)F)c1CN. The number of carbonyl (C=O) groups is 1. The molecular weight excluding hydrogens is 249 g/mol. The Morgan fingerprint density at radius 1 is 1.50 bits per heavy atom. The number of nitriles is 1. The van der Waals surface area contributed by atoms with Gasteiger partial charge in [0.05, 0.1) is 29.9 Å². The van der Waals surface area contributed by atoms with E-state index in [1.807, 2.05) is 0 Å². The number of esters is 1. The highest BCUT2D eigenvalue weighted by Crippen LogP contribution is 2.36. The molecule has 1 aromatic rings. The molecule has 0 unspecified atom stereocenters. The summed E-state index contributed by atoms with van der Waals surface area (Å²) in [6, 6.07) is 3.46. The van der Waals surface area contributed by atoms with Crippen LogP contribution < -0.4 is 5.73 Å². The van der Waals surface area contributed by atoms with Crippen molar-refractivity contribution in [1.82, 2.24) is 0 Å². The molecule has 0 saturated carbocycles. The number of carbonyl (C=O) groups excluding carboxylic acids is 1. The summed E-state index contributed by atoms with van der Waals surface area (Å²) in [5, 5.41) is 8.68. The fourth-order valence-electron chi connectivity index (χ4n) is 1.58. The monoisotopic (exact) mass is 258 g/mol. The molecule has 0 saturated heterocycles. The van der Waals surface area contributed by atoms with Crippen molar-refractivity contribution in [3.63, 3.8) is 0 Å². The summed E-state index contributed by atoms with van der Waals surface area (Å²) >= 11 is 0. The Morgan fingerprint density at radius 3 is 2.50 bits per heavy atom. The summed E-state index contributed by atoms with van der Waals surface area (Å²) in [6.07, 6.45) is -4.76. The zero-order chi connectivity index (χ0) is 13.9. The van der Waals surface area contributed by atoms with Crippen molar-refractivity contribution in [3.05, 3.63) is 34.4 Å². The van der Waals surface area contributed by atoms with Gasteiger partial charge in [-0.3, -0.25) is 0 Å². The van der Waals surface area contributed by atoms with Gasteiger partial charge < -0.3 is 10.5 Å². The number of halogens is 3. The molecule has 0 bridgehead atoms. The van der Waals surface area contributed by atoms with E-state index in [4.69, 9.17) is 11.0 Å². The summed E-state index contributed by atoms with van der Waals surface area (Å²) in [6.45, 7) is -0.519. The minimum atomic E-state index is -4.76. The second kappa shape index (κ2) is 5.06. The molecule has 0 spiro atoms. The molecule has 0 aliphatic heterocycles. The third kappa shape index (κ3) is 2.43. The minimum Gasteiger partial charge on any atom is -0.465 e. The normalized spacial score (nSPS) is 10.9. The third-order valence-corrected chi connectivity index (χ3v) is 2.33. The number of benzene rings is 1. The first-order valence-corrected chi connectivity index (χ1v) is 4.78. The van der Waals surface area contributed by atoms with Crippen LogP contribution in [-0.4, -0.2) is 13.1 Å². The number of alkyl halides is 3. The summed E-state index contributed by atoms with van der Waals surface area (Å²) in [5.74, 6) is -0.926. The van der Waals surface area contributed by atoms with Crippen LogP contribution in [-0.2, 0) is 17.5 Å². The molecule has 0 heterocycles. The second-order valence-electron chi connectivity index (χ2n) is 3.32. The highest BCUT2D eigenvalue weighted by Gasteiger charge is 2.37. The predicted molar refractivity (Wildman–Crippen MR) is 55.4 cm³/mol. The van der Waals surface area contributed by atoms with Gasteiger partial charge in [-0.1, -0.05) is 0 Å². The van der Waals surface area contributed by atoms with Crippen LogP contribution in [0.5, 0.6) is 0 Å². The Morgan fingerprint density at radius 2 is 2.11 bits per heavy atom. The molecule has 7 heteroatoms. The van der Waals surface area contributed by atoms with E-state index in [1.54, 1.807) is 0 Å². The lowest BCUT2D eigenvalue weighted by atomic mass is 9.96. The van der Waals surface area contributed by atoms with Gasteiger partial charge in [0.2, 0.25) is 0 Å². The van der Waals surface area contributed by atoms with E-state index in [0.717, 1.165) is 19.2 Å². The molecule has 1 rings (SSSR count). The average molecular weight is 258 g/mol. The van der Waals surface area contributed by atoms with Gasteiger partial charge in [-0.25, -0.2) is 4.79 Å². The second-order valence-corrected chi connectivity index (χ2v) is 3.32. The fraction of sp³-hybridized carbons (Fsp3) is 0.273. The lowest BCUT2D eigenvalue weighted by molar-refractivity contribution is -0.138. The fourth-order valence-corrected chi connectivity index (χ4v) is 1.58. The van der Waals surface area contributed by atoms with E-state index < -0.39 is 35.4 Å². The van der Waals surface area contributed by atoms with E-state index in [9.17, 15) is 18.0 Å². The highest BCUT2D eigenvalue weighted by molar-refractivity contribution is 5.91. The van der Waals surface area contributed by atoms with E-state index in [2.05, 4.69) is 4.74 Å². The smallest absolute Gasteiger partial charge is 0.418 e. The van der Waals surface area contributed by atoms with Gasteiger partial charge in [0, 0.05) is 6.54 Å². The van der Waals surface area contributed by atoms with Crippen LogP contribution in [0.4, 0.5) is 13.2 Å². The van der Waals surface area contributed by atoms with Gasteiger partial charge >= 0.3 is 12.1 Å². The van der Waals surface area contributed by atoms with Crippen LogP contribution in [0.15, 0.2) is 12.1 Å². The zero-order valence-corrected chi connectivity index (χ0v) is 9.34. The molecule has 0 aliphatic rings. The average Bonchev–Trinajstić information content (AvgIpc) is 2.34. The first kappa shape index (κ1) is 14.0. The lowest BCUT2D eigenvalue weighted by Crippen LogP contribution is -2.19. The minimum absolute atomic E-state index is 0.286. The maximum Gasteiger partial charge on any atom is 0.418 e. The standard InChI is InChI=1S/C11H9F3N2O2/c1-18-10(17)7-3-2-6(4-15)9(8(7)5-16)11(12,13)14/h2-3H,5,16H2,1H3. The number of ether oxygens (including phenoxy) is 1. The maximum absolute atomic E-state index is 12.9. The molecule has 0 amide bonds. The molecule has 96 valence electrons. The van der Waals surface area contributed by atoms with E-state index in [0.29, 0.717) is 0 Å². The molecule has 18 heavy (non-hydrogen) atoms. The first-order chi connectivity index (χ1) is 8.36. The van der Waals surface area contributed by atoms with Gasteiger partial charge in [-0.2, -0.15) is 18.4 Å². The summed E-state index contributed by atoms with van der Waals surface area (Å²) < 4.78 is 43.0. The number of hydrogen-bond acceptors (Lipinski definition) is 4. The van der Waals surface area contributed by atoms with Crippen LogP contribution in [0, 0.1) is 11.3 Å². The van der Waals surface area contributed by atoms with Crippen molar-refractivity contribution >= 4 is 5.97 Å². The largest absolute Gasteiger partial charge is 0.465 e. The van der Waals surface area contributed by atoms with Gasteiger partial charge in [0.15, 0.2) is 0 Å². The zero-order valence-electron chi connectivity index (χ0n) is 9.34. The number of hydrogen-bond donors (Lipinski definition) is 1. The first-order valence-electron chi connectivity index (χ1n) is 4.78. The topological polar surface area (TPSA) is 76.1 Å². The molecule has 0 aliphatic carbocycles. The van der Waals surface area contributed by atoms with Crippen molar-refractivity contribution in [2.75, 3.05) is 7.11 Å². The van der Waals surface area contributed by atoms with Gasteiger partial charge in [-0.15, -0.1) is 0 Å². The Bertz CT molecular complexity index is 518. The van der Waals surface area contributed by atoms with Gasteiger partial charge in [-0.05, 0) is 17.7 Å². The van der Waals surface area contributed by atoms with Crippen LogP contribution in [0.3, 0.4) is 0 Å². The van der Waals surface area contributed by atoms with Crippen LogP contribution >= 0.6 is 0 Å². The van der Waals surface area contributed by atoms with Crippen molar-refractivity contribution in [3.8, 4) is 6.07 Å². The molecule has 0 radical (unpaired) electrons. The number of rotatable bonds is 2. The van der Waals surface area contributed by atoms with Crippen LogP contribution in [0.2, 0.25) is 0 Å². The van der Waals surface area contributed by atoms with E-state index in [-0.39, 0.29) is 5.56 Å². The van der Waals surface area contributed by atoms with Gasteiger partial charge in [0.1, 0.15) is 0 Å². The molecule has 0 fully saturated rings. The third-order valence-electron chi connectivity index (χ3n) is 2.33. The Balaban J connectivity index is 3.64. The molecular formula is C11H9F3N2O2. The Hall–Kier alpha value is -2.07. The van der Waals surface area contributed by atoms with Gasteiger partial charge in [0.25, 0.3) is 0 Å². The Labute approximate surface area is 101 Å². The van der Waals surface area contributed by atoms with Crippen molar-refractivity contribution in [1.29, 1.82) is 5.26 Å². The maximum atomic E-state index is 12.9. The number of nitrogens with zero attached hydrogens (tertiary/aromatic N) is 1. The van der Waals surface area contributed by atoms with Crippen molar-refractivity contribution in [2.24, 2.45) is 5.73 Å². The lowest BCUT2D eigenvalue weighted by Gasteiger charge is -2.16. The quantitative estimate of drug-likeness (QED) is 0.821. The Kier molecular flexibility index (Phi) is 3.93. The summed E-state index contributed by atoms with van der Waals surface area (Å²) in [5.41, 5.74) is 2.77. The number of nitrogens with two attached hydrogens (primary N) is 1. The predicted octanol–water partition coefficient (Wildman–Crippen LogP) is 1.82. The summed E-state index contributed by atoms with van der Waals surface area (Å²) in [7, 11) is 1.05. The molecule has 0 aromatic heterocycles.